The zero-order chi connectivity index (χ0) is 14.1. The van der Waals surface area contributed by atoms with E-state index in [0.717, 1.165) is 28.8 Å². The number of para-hydroxylation sites is 1. The Morgan fingerprint density at radius 2 is 2.20 bits per heavy atom. The van der Waals surface area contributed by atoms with E-state index in [9.17, 15) is 0 Å². The molecule has 0 aliphatic carbocycles. The Kier molecular flexibility index (Phi) is 3.49. The van der Waals surface area contributed by atoms with Gasteiger partial charge in [-0.05, 0) is 38.9 Å². The third-order valence-corrected chi connectivity index (χ3v) is 4.37. The summed E-state index contributed by atoms with van der Waals surface area (Å²) in [6, 6.07) is 9.16. The molecule has 1 saturated heterocycles. The van der Waals surface area contributed by atoms with Crippen molar-refractivity contribution in [1.29, 1.82) is 0 Å². The van der Waals surface area contributed by atoms with Crippen molar-refractivity contribution in [1.82, 2.24) is 9.88 Å². The number of hydrogen-bond acceptors (Lipinski definition) is 4. The molecule has 20 heavy (non-hydrogen) atoms. The first-order chi connectivity index (χ1) is 9.65. The highest BCUT2D eigenvalue weighted by molar-refractivity contribution is 5.97. The molecule has 4 nitrogen and oxygen atoms in total. The Balaban J connectivity index is 1.86. The summed E-state index contributed by atoms with van der Waals surface area (Å²) in [4.78, 5) is 6.81. The van der Waals surface area contributed by atoms with Gasteiger partial charge in [0.15, 0.2) is 0 Å². The van der Waals surface area contributed by atoms with E-state index in [2.05, 4.69) is 35.2 Å². The number of nitrogens with zero attached hydrogens (tertiary/aromatic N) is 2. The van der Waals surface area contributed by atoms with Crippen LogP contribution in [-0.2, 0) is 0 Å². The van der Waals surface area contributed by atoms with E-state index in [0.29, 0.717) is 12.1 Å². The number of nitrogens with two attached hydrogens (primary N) is 1. The number of fused-ring (bicyclic) bond motifs is 1. The first kappa shape index (κ1) is 13.2. The van der Waals surface area contributed by atoms with Crippen LogP contribution in [0.15, 0.2) is 30.5 Å². The average Bonchev–Trinajstić information content (AvgIpc) is 2.44. The smallest absolute Gasteiger partial charge is 0.0951 e. The van der Waals surface area contributed by atoms with Gasteiger partial charge in [-0.3, -0.25) is 4.98 Å². The first-order valence-electron chi connectivity index (χ1n) is 7.25. The maximum Gasteiger partial charge on any atom is 0.0951 e. The van der Waals surface area contributed by atoms with Gasteiger partial charge in [0.1, 0.15) is 0 Å². The Labute approximate surface area is 120 Å². The number of hydrogen-bond donors (Lipinski definition) is 2. The summed E-state index contributed by atoms with van der Waals surface area (Å²) in [5, 5.41) is 4.79. The fourth-order valence-electron chi connectivity index (χ4n) is 2.97. The summed E-state index contributed by atoms with van der Waals surface area (Å²) >= 11 is 0. The van der Waals surface area contributed by atoms with Crippen molar-refractivity contribution in [3.63, 3.8) is 0 Å². The van der Waals surface area contributed by atoms with Crippen LogP contribution in [0.3, 0.4) is 0 Å². The molecule has 0 amide bonds. The predicted octanol–water partition coefficient (Wildman–Crippen LogP) is 2.71. The molecule has 0 spiro atoms. The number of likely N-dealkylation sites (tertiary alicyclic amines) is 1. The predicted molar refractivity (Wildman–Crippen MR) is 84.9 cm³/mol. The minimum absolute atomic E-state index is 0.522. The summed E-state index contributed by atoms with van der Waals surface area (Å²) in [5.74, 6) is 0. The summed E-state index contributed by atoms with van der Waals surface area (Å²) in [6.07, 6.45) is 4.18. The van der Waals surface area contributed by atoms with E-state index in [4.69, 9.17) is 5.73 Å². The second-order valence-corrected chi connectivity index (χ2v) is 5.80. The molecule has 2 heterocycles. The topological polar surface area (TPSA) is 54.2 Å². The van der Waals surface area contributed by atoms with Crippen LogP contribution >= 0.6 is 0 Å². The first-order valence-corrected chi connectivity index (χ1v) is 7.25. The average molecular weight is 270 g/mol. The summed E-state index contributed by atoms with van der Waals surface area (Å²) in [6.45, 7) is 3.43. The molecule has 2 aromatic rings. The SMILES string of the molecule is CC1CC(Nc2ccnc3c(N)cccc23)CCN1C. The Bertz CT molecular complexity index is 610. The van der Waals surface area contributed by atoms with Crippen LogP contribution in [0.2, 0.25) is 0 Å². The van der Waals surface area contributed by atoms with Crippen molar-refractivity contribution in [2.75, 3.05) is 24.6 Å². The lowest BCUT2D eigenvalue weighted by Gasteiger charge is -2.36. The molecule has 1 aromatic carbocycles. The highest BCUT2D eigenvalue weighted by Crippen LogP contribution is 2.28. The van der Waals surface area contributed by atoms with Gasteiger partial charge in [0.05, 0.1) is 11.2 Å². The zero-order valence-corrected chi connectivity index (χ0v) is 12.1. The number of aromatic nitrogens is 1. The van der Waals surface area contributed by atoms with E-state index >= 15 is 0 Å². The molecule has 2 atom stereocenters. The van der Waals surface area contributed by atoms with E-state index in [1.807, 2.05) is 24.4 Å². The summed E-state index contributed by atoms with van der Waals surface area (Å²) < 4.78 is 0. The molecule has 3 rings (SSSR count). The Morgan fingerprint density at radius 1 is 1.35 bits per heavy atom. The van der Waals surface area contributed by atoms with Gasteiger partial charge >= 0.3 is 0 Å². The molecule has 3 N–H and O–H groups in total. The minimum Gasteiger partial charge on any atom is -0.397 e. The highest BCUT2D eigenvalue weighted by atomic mass is 15.1. The van der Waals surface area contributed by atoms with Gasteiger partial charge in [0.2, 0.25) is 0 Å². The molecule has 1 fully saturated rings. The second kappa shape index (κ2) is 5.29. The van der Waals surface area contributed by atoms with Crippen LogP contribution in [0.5, 0.6) is 0 Å². The number of piperidine rings is 1. The van der Waals surface area contributed by atoms with Crippen LogP contribution < -0.4 is 11.1 Å². The lowest BCUT2D eigenvalue weighted by molar-refractivity contribution is 0.190. The van der Waals surface area contributed by atoms with Crippen molar-refractivity contribution in [3.05, 3.63) is 30.5 Å². The van der Waals surface area contributed by atoms with E-state index in [1.165, 1.54) is 12.8 Å². The monoisotopic (exact) mass is 270 g/mol. The molecule has 1 aromatic heterocycles. The molecule has 0 radical (unpaired) electrons. The van der Waals surface area contributed by atoms with E-state index < -0.39 is 0 Å². The lowest BCUT2D eigenvalue weighted by Crippen LogP contribution is -2.42. The highest BCUT2D eigenvalue weighted by Gasteiger charge is 2.22. The number of nitrogen functional groups attached to an aromatic ring is 1. The number of benzene rings is 1. The van der Waals surface area contributed by atoms with Gasteiger partial charge in [-0.2, -0.15) is 0 Å². The van der Waals surface area contributed by atoms with Gasteiger partial charge in [-0.15, -0.1) is 0 Å². The van der Waals surface area contributed by atoms with Crippen molar-refractivity contribution < 1.29 is 0 Å². The summed E-state index contributed by atoms with van der Waals surface area (Å²) in [5.41, 5.74) is 8.77. The van der Waals surface area contributed by atoms with Gasteiger partial charge < -0.3 is 16.0 Å². The third-order valence-electron chi connectivity index (χ3n) is 4.37. The van der Waals surface area contributed by atoms with Gasteiger partial charge in [-0.25, -0.2) is 0 Å². The summed E-state index contributed by atoms with van der Waals surface area (Å²) in [7, 11) is 2.20. The molecule has 1 aliphatic rings. The number of nitrogens with one attached hydrogen (secondary N) is 1. The second-order valence-electron chi connectivity index (χ2n) is 5.80. The van der Waals surface area contributed by atoms with Crippen LogP contribution in [-0.4, -0.2) is 35.6 Å². The number of anilines is 2. The van der Waals surface area contributed by atoms with E-state index in [1.54, 1.807) is 0 Å². The van der Waals surface area contributed by atoms with Crippen LogP contribution in [0.25, 0.3) is 10.9 Å². The maximum atomic E-state index is 6.00. The van der Waals surface area contributed by atoms with Crippen molar-refractivity contribution in [3.8, 4) is 0 Å². The number of pyridine rings is 1. The fraction of sp³-hybridized carbons (Fsp3) is 0.438. The maximum absolute atomic E-state index is 6.00. The molecule has 0 bridgehead atoms. The molecular formula is C16H22N4. The normalized spacial score (nSPS) is 23.9. The molecule has 4 heteroatoms. The van der Waals surface area contributed by atoms with Crippen LogP contribution in [0.4, 0.5) is 11.4 Å². The fourth-order valence-corrected chi connectivity index (χ4v) is 2.97. The minimum atomic E-state index is 0.522. The molecule has 2 unspecified atom stereocenters. The van der Waals surface area contributed by atoms with Gasteiger partial charge in [0, 0.05) is 35.9 Å². The molecule has 0 saturated carbocycles. The Hall–Kier alpha value is -1.81. The Morgan fingerprint density at radius 3 is 3.00 bits per heavy atom. The quantitative estimate of drug-likeness (QED) is 0.824. The molecular weight excluding hydrogens is 248 g/mol. The zero-order valence-electron chi connectivity index (χ0n) is 12.1. The molecule has 106 valence electrons. The molecule has 1 aliphatic heterocycles. The number of rotatable bonds is 2. The standard InChI is InChI=1S/C16H22N4/c1-11-10-12(7-9-20(11)2)19-15-6-8-18-16-13(15)4-3-5-14(16)17/h3-6,8,11-12H,7,9-10,17H2,1-2H3,(H,18,19). The van der Waals surface area contributed by atoms with Gasteiger partial charge in [0.25, 0.3) is 0 Å². The largest absolute Gasteiger partial charge is 0.397 e. The van der Waals surface area contributed by atoms with Crippen LogP contribution in [0.1, 0.15) is 19.8 Å². The lowest BCUT2D eigenvalue weighted by atomic mass is 9.98. The van der Waals surface area contributed by atoms with E-state index in [-0.39, 0.29) is 0 Å². The van der Waals surface area contributed by atoms with Gasteiger partial charge in [-0.1, -0.05) is 12.1 Å². The van der Waals surface area contributed by atoms with Crippen molar-refractivity contribution in [2.45, 2.75) is 31.8 Å². The third kappa shape index (κ3) is 2.43. The van der Waals surface area contributed by atoms with Crippen molar-refractivity contribution in [2.24, 2.45) is 0 Å². The van der Waals surface area contributed by atoms with Crippen molar-refractivity contribution >= 4 is 22.3 Å². The van der Waals surface area contributed by atoms with Crippen LogP contribution in [0, 0.1) is 0 Å².